The van der Waals surface area contributed by atoms with E-state index in [1.165, 1.54) is 12.8 Å². The number of fused-ring (bicyclic) bond motifs is 1. The monoisotopic (exact) mass is 170 g/mol. The van der Waals surface area contributed by atoms with Crippen molar-refractivity contribution in [2.45, 2.75) is 33.0 Å². The van der Waals surface area contributed by atoms with Gasteiger partial charge in [-0.15, -0.1) is 0 Å². The minimum atomic E-state index is -0.503. The largest absolute Gasteiger partial charge is 0.368 e. The van der Waals surface area contributed by atoms with Gasteiger partial charge in [0, 0.05) is 5.92 Å². The molecule has 70 valence electrons. The molecule has 0 aromatic heterocycles. The van der Waals surface area contributed by atoms with E-state index in [9.17, 15) is 5.11 Å². The maximum absolute atomic E-state index is 9.49. The summed E-state index contributed by atoms with van der Waals surface area (Å²) in [6, 6.07) is 0. The van der Waals surface area contributed by atoms with Crippen molar-refractivity contribution in [1.82, 2.24) is 0 Å². The predicted octanol–water partition coefficient (Wildman–Crippen LogP) is 1.63. The van der Waals surface area contributed by atoms with Gasteiger partial charge in [0.15, 0.2) is 6.29 Å². The molecule has 1 aliphatic carbocycles. The van der Waals surface area contributed by atoms with Gasteiger partial charge in [-0.05, 0) is 24.2 Å². The van der Waals surface area contributed by atoms with Crippen LogP contribution in [0.5, 0.6) is 0 Å². The molecule has 1 saturated carbocycles. The van der Waals surface area contributed by atoms with E-state index in [0.717, 1.165) is 12.5 Å². The van der Waals surface area contributed by atoms with Crippen LogP contribution in [0.1, 0.15) is 26.7 Å². The maximum atomic E-state index is 9.49. The van der Waals surface area contributed by atoms with Gasteiger partial charge in [0.05, 0.1) is 6.61 Å². The number of ether oxygens (including phenoxy) is 1. The highest BCUT2D eigenvalue weighted by Gasteiger charge is 2.42. The molecule has 12 heavy (non-hydrogen) atoms. The van der Waals surface area contributed by atoms with Gasteiger partial charge in [-0.3, -0.25) is 0 Å². The number of aliphatic hydroxyl groups excluding tert-OH is 1. The first-order valence-electron chi connectivity index (χ1n) is 5.00. The van der Waals surface area contributed by atoms with Crippen molar-refractivity contribution < 1.29 is 9.84 Å². The van der Waals surface area contributed by atoms with Crippen LogP contribution in [0.15, 0.2) is 0 Å². The molecule has 0 spiro atoms. The molecule has 5 atom stereocenters. The van der Waals surface area contributed by atoms with Crippen molar-refractivity contribution in [1.29, 1.82) is 0 Å². The first-order chi connectivity index (χ1) is 5.70. The van der Waals surface area contributed by atoms with E-state index in [0.29, 0.717) is 17.8 Å². The van der Waals surface area contributed by atoms with Gasteiger partial charge in [0.1, 0.15) is 0 Å². The van der Waals surface area contributed by atoms with Gasteiger partial charge in [-0.2, -0.15) is 0 Å². The molecule has 0 aromatic rings. The normalized spacial score (nSPS) is 53.8. The van der Waals surface area contributed by atoms with Crippen LogP contribution < -0.4 is 0 Å². The SMILES string of the molecule is C[C@H]1CC[C@H]2[C@@H]1COC(O)[C@@H]2C. The molecule has 2 rings (SSSR count). The van der Waals surface area contributed by atoms with Crippen molar-refractivity contribution in [2.24, 2.45) is 23.7 Å². The Balaban J connectivity index is 2.09. The van der Waals surface area contributed by atoms with Crippen molar-refractivity contribution in [2.75, 3.05) is 6.61 Å². The topological polar surface area (TPSA) is 29.5 Å². The van der Waals surface area contributed by atoms with Gasteiger partial charge < -0.3 is 9.84 Å². The van der Waals surface area contributed by atoms with Crippen LogP contribution in [0.25, 0.3) is 0 Å². The van der Waals surface area contributed by atoms with Crippen LogP contribution in [0.4, 0.5) is 0 Å². The Bertz CT molecular complexity index is 169. The lowest BCUT2D eigenvalue weighted by atomic mass is 9.80. The smallest absolute Gasteiger partial charge is 0.157 e. The van der Waals surface area contributed by atoms with Crippen LogP contribution in [-0.2, 0) is 4.74 Å². The Morgan fingerprint density at radius 2 is 1.92 bits per heavy atom. The van der Waals surface area contributed by atoms with Crippen LogP contribution in [0.2, 0.25) is 0 Å². The minimum absolute atomic E-state index is 0.341. The molecule has 0 aromatic carbocycles. The number of aliphatic hydroxyl groups is 1. The number of hydrogen-bond donors (Lipinski definition) is 1. The second-order valence-electron chi connectivity index (χ2n) is 4.47. The Hall–Kier alpha value is -0.0800. The third kappa shape index (κ3) is 1.17. The van der Waals surface area contributed by atoms with E-state index >= 15 is 0 Å². The predicted molar refractivity (Wildman–Crippen MR) is 46.5 cm³/mol. The summed E-state index contributed by atoms with van der Waals surface area (Å²) in [5.74, 6) is 2.56. The zero-order valence-corrected chi connectivity index (χ0v) is 7.86. The molecular formula is C10H18O2. The molecule has 0 amide bonds. The van der Waals surface area contributed by atoms with E-state index in [-0.39, 0.29) is 0 Å². The summed E-state index contributed by atoms with van der Waals surface area (Å²) in [7, 11) is 0. The molecule has 1 N–H and O–H groups in total. The summed E-state index contributed by atoms with van der Waals surface area (Å²) in [6.45, 7) is 5.19. The molecule has 1 heterocycles. The van der Waals surface area contributed by atoms with E-state index in [4.69, 9.17) is 4.74 Å². The molecule has 0 radical (unpaired) electrons. The summed E-state index contributed by atoms with van der Waals surface area (Å²) in [4.78, 5) is 0. The lowest BCUT2D eigenvalue weighted by Crippen LogP contribution is -2.39. The molecule has 2 aliphatic rings. The van der Waals surface area contributed by atoms with Gasteiger partial charge in [0.2, 0.25) is 0 Å². The summed E-state index contributed by atoms with van der Waals surface area (Å²) < 4.78 is 5.33. The molecule has 2 fully saturated rings. The zero-order chi connectivity index (χ0) is 8.72. The van der Waals surface area contributed by atoms with E-state index in [1.807, 2.05) is 0 Å². The molecule has 2 heteroatoms. The Labute approximate surface area is 73.9 Å². The lowest BCUT2D eigenvalue weighted by molar-refractivity contribution is -0.190. The van der Waals surface area contributed by atoms with E-state index in [1.54, 1.807) is 0 Å². The summed E-state index contributed by atoms with van der Waals surface area (Å²) in [6.07, 6.45) is 2.10. The van der Waals surface area contributed by atoms with Gasteiger partial charge >= 0.3 is 0 Å². The van der Waals surface area contributed by atoms with Crippen molar-refractivity contribution in [3.63, 3.8) is 0 Å². The third-order valence-electron chi connectivity index (χ3n) is 3.82. The Morgan fingerprint density at radius 3 is 2.67 bits per heavy atom. The standard InChI is InChI=1S/C10H18O2/c1-6-3-4-8-7(2)10(11)12-5-9(6)8/h6-11H,3-5H2,1-2H3/t6-,7+,8+,9+,10?/m0/s1. The summed E-state index contributed by atoms with van der Waals surface area (Å²) >= 11 is 0. The molecule has 0 bridgehead atoms. The van der Waals surface area contributed by atoms with Crippen LogP contribution in [0, 0.1) is 23.7 Å². The van der Waals surface area contributed by atoms with E-state index in [2.05, 4.69) is 13.8 Å². The van der Waals surface area contributed by atoms with Crippen LogP contribution >= 0.6 is 0 Å². The summed E-state index contributed by atoms with van der Waals surface area (Å²) in [5, 5.41) is 9.49. The van der Waals surface area contributed by atoms with Crippen LogP contribution in [-0.4, -0.2) is 18.0 Å². The van der Waals surface area contributed by atoms with Crippen molar-refractivity contribution in [3.05, 3.63) is 0 Å². The van der Waals surface area contributed by atoms with Gasteiger partial charge in [-0.25, -0.2) is 0 Å². The molecule has 1 saturated heterocycles. The Kier molecular flexibility index (Phi) is 2.13. The quantitative estimate of drug-likeness (QED) is 0.598. The van der Waals surface area contributed by atoms with Crippen molar-refractivity contribution in [3.8, 4) is 0 Å². The average molecular weight is 170 g/mol. The number of hydrogen-bond acceptors (Lipinski definition) is 2. The lowest BCUT2D eigenvalue weighted by Gasteiger charge is -2.36. The third-order valence-corrected chi connectivity index (χ3v) is 3.82. The molecule has 2 nitrogen and oxygen atoms in total. The fourth-order valence-corrected chi connectivity index (χ4v) is 2.82. The van der Waals surface area contributed by atoms with Gasteiger partial charge in [0.25, 0.3) is 0 Å². The van der Waals surface area contributed by atoms with Gasteiger partial charge in [-0.1, -0.05) is 20.3 Å². The highest BCUT2D eigenvalue weighted by molar-refractivity contribution is 4.88. The molecule has 1 aliphatic heterocycles. The minimum Gasteiger partial charge on any atom is -0.368 e. The average Bonchev–Trinajstić information content (AvgIpc) is 2.41. The van der Waals surface area contributed by atoms with E-state index < -0.39 is 6.29 Å². The maximum Gasteiger partial charge on any atom is 0.157 e. The Morgan fingerprint density at radius 1 is 1.17 bits per heavy atom. The number of rotatable bonds is 0. The fourth-order valence-electron chi connectivity index (χ4n) is 2.82. The zero-order valence-electron chi connectivity index (χ0n) is 7.86. The molecular weight excluding hydrogens is 152 g/mol. The first-order valence-corrected chi connectivity index (χ1v) is 5.00. The molecule has 1 unspecified atom stereocenters. The second kappa shape index (κ2) is 3.00. The van der Waals surface area contributed by atoms with Crippen molar-refractivity contribution >= 4 is 0 Å². The second-order valence-corrected chi connectivity index (χ2v) is 4.47. The summed E-state index contributed by atoms with van der Waals surface area (Å²) in [5.41, 5.74) is 0. The highest BCUT2D eigenvalue weighted by atomic mass is 16.6. The van der Waals surface area contributed by atoms with Crippen LogP contribution in [0.3, 0.4) is 0 Å². The fraction of sp³-hybridized carbons (Fsp3) is 1.00. The highest BCUT2D eigenvalue weighted by Crippen LogP contribution is 2.45. The first kappa shape index (κ1) is 8.52.